The average molecular weight is 411 g/mol. The lowest BCUT2D eigenvalue weighted by atomic mass is 9.87. The first-order valence-corrected chi connectivity index (χ1v) is 11.0. The van der Waals surface area contributed by atoms with Gasteiger partial charge in [-0.15, -0.1) is 11.8 Å². The summed E-state index contributed by atoms with van der Waals surface area (Å²) in [6, 6.07) is 16.1. The number of anilines is 2. The van der Waals surface area contributed by atoms with Crippen molar-refractivity contribution in [1.82, 2.24) is 0 Å². The van der Waals surface area contributed by atoms with Crippen molar-refractivity contribution in [2.24, 2.45) is 5.41 Å². The quantitative estimate of drug-likeness (QED) is 0.701. The highest BCUT2D eigenvalue weighted by atomic mass is 32.2. The fraction of sp³-hybridized carbons (Fsp3) is 0.417. The number of benzene rings is 2. The van der Waals surface area contributed by atoms with Gasteiger partial charge in [0.1, 0.15) is 5.37 Å². The Balaban J connectivity index is 1.87. The fourth-order valence-electron chi connectivity index (χ4n) is 3.16. The van der Waals surface area contributed by atoms with Gasteiger partial charge in [0.25, 0.3) is 0 Å². The first-order chi connectivity index (χ1) is 13.5. The number of nitrogens with one attached hydrogen (secondary N) is 1. The van der Waals surface area contributed by atoms with Crippen LogP contribution >= 0.6 is 11.8 Å². The minimum absolute atomic E-state index is 0.0283. The van der Waals surface area contributed by atoms with E-state index in [1.165, 1.54) is 5.56 Å². The average Bonchev–Trinajstić information content (AvgIpc) is 3.02. The van der Waals surface area contributed by atoms with E-state index in [0.29, 0.717) is 5.75 Å². The molecule has 29 heavy (non-hydrogen) atoms. The molecule has 0 radical (unpaired) electrons. The summed E-state index contributed by atoms with van der Waals surface area (Å²) in [7, 11) is 0. The topological polar surface area (TPSA) is 49.4 Å². The number of hydrogen-bond acceptors (Lipinski definition) is 3. The number of rotatable bonds is 3. The van der Waals surface area contributed by atoms with Crippen LogP contribution in [0.3, 0.4) is 0 Å². The Morgan fingerprint density at radius 3 is 2.28 bits per heavy atom. The minimum Gasteiger partial charge on any atom is -0.326 e. The summed E-state index contributed by atoms with van der Waals surface area (Å²) in [5.74, 6) is 0.525. The maximum atomic E-state index is 12.7. The molecule has 1 fully saturated rings. The Labute approximate surface area is 178 Å². The summed E-state index contributed by atoms with van der Waals surface area (Å²) in [5, 5.41) is 2.88. The molecule has 0 aromatic heterocycles. The van der Waals surface area contributed by atoms with Gasteiger partial charge in [0, 0.05) is 16.8 Å². The van der Waals surface area contributed by atoms with E-state index in [1.54, 1.807) is 11.8 Å². The van der Waals surface area contributed by atoms with Crippen molar-refractivity contribution in [1.29, 1.82) is 0 Å². The van der Waals surface area contributed by atoms with Crippen molar-refractivity contribution in [2.45, 2.75) is 52.3 Å². The molecule has 1 N–H and O–H groups in total. The van der Waals surface area contributed by atoms with Crippen LogP contribution in [0.15, 0.2) is 48.5 Å². The lowest BCUT2D eigenvalue weighted by molar-refractivity contribution is -0.123. The molecule has 0 spiro atoms. The van der Waals surface area contributed by atoms with Crippen molar-refractivity contribution < 1.29 is 9.59 Å². The summed E-state index contributed by atoms with van der Waals surface area (Å²) >= 11 is 1.61. The van der Waals surface area contributed by atoms with Gasteiger partial charge in [-0.25, -0.2) is 0 Å². The second-order valence-corrected chi connectivity index (χ2v) is 10.6. The largest absolute Gasteiger partial charge is 0.326 e. The standard InChI is InChI=1S/C24H30N2O2S/c1-23(2,3)17-10-12-19(13-11-17)26-20(27)15-29-21(26)16-8-7-9-18(14-16)25-22(28)24(4,5)6/h7-14,21H,15H2,1-6H3,(H,25,28). The predicted molar refractivity (Wildman–Crippen MR) is 122 cm³/mol. The number of amides is 2. The summed E-state index contributed by atoms with van der Waals surface area (Å²) < 4.78 is 0. The molecule has 1 unspecified atom stereocenters. The first kappa shape index (κ1) is 21.4. The molecule has 2 aromatic carbocycles. The van der Waals surface area contributed by atoms with Crippen molar-refractivity contribution >= 4 is 35.0 Å². The molecule has 1 heterocycles. The van der Waals surface area contributed by atoms with Crippen LogP contribution in [0.25, 0.3) is 0 Å². The Hall–Kier alpha value is -2.27. The van der Waals surface area contributed by atoms with Crippen LogP contribution in [0, 0.1) is 5.41 Å². The highest BCUT2D eigenvalue weighted by molar-refractivity contribution is 8.00. The highest BCUT2D eigenvalue weighted by Crippen LogP contribution is 2.42. The van der Waals surface area contributed by atoms with Gasteiger partial charge in [-0.3, -0.25) is 14.5 Å². The van der Waals surface area contributed by atoms with Gasteiger partial charge in [-0.1, -0.05) is 65.8 Å². The first-order valence-electron chi connectivity index (χ1n) is 9.92. The summed E-state index contributed by atoms with van der Waals surface area (Å²) in [6.45, 7) is 12.2. The normalized spacial score (nSPS) is 17.5. The van der Waals surface area contributed by atoms with E-state index in [0.717, 1.165) is 16.9 Å². The van der Waals surface area contributed by atoms with E-state index in [9.17, 15) is 9.59 Å². The van der Waals surface area contributed by atoms with Crippen molar-refractivity contribution in [3.63, 3.8) is 0 Å². The number of carbonyl (C=O) groups is 2. The molecule has 2 aromatic rings. The predicted octanol–water partition coefficient (Wildman–Crippen LogP) is 5.75. The molecular weight excluding hydrogens is 380 g/mol. The Morgan fingerprint density at radius 2 is 1.69 bits per heavy atom. The summed E-state index contributed by atoms with van der Waals surface area (Å²) in [6.07, 6.45) is 0. The zero-order chi connectivity index (χ0) is 21.4. The molecule has 0 bridgehead atoms. The van der Waals surface area contributed by atoms with Gasteiger partial charge >= 0.3 is 0 Å². The van der Waals surface area contributed by atoms with Crippen LogP contribution in [-0.4, -0.2) is 17.6 Å². The molecule has 1 atom stereocenters. The zero-order valence-corrected chi connectivity index (χ0v) is 18.9. The molecule has 3 rings (SSSR count). The monoisotopic (exact) mass is 410 g/mol. The highest BCUT2D eigenvalue weighted by Gasteiger charge is 2.34. The van der Waals surface area contributed by atoms with Gasteiger partial charge in [0.2, 0.25) is 11.8 Å². The van der Waals surface area contributed by atoms with Crippen molar-refractivity contribution in [3.8, 4) is 0 Å². The van der Waals surface area contributed by atoms with Crippen molar-refractivity contribution in [2.75, 3.05) is 16.0 Å². The van der Waals surface area contributed by atoms with E-state index < -0.39 is 5.41 Å². The third-order valence-electron chi connectivity index (χ3n) is 4.99. The molecule has 4 nitrogen and oxygen atoms in total. The van der Waals surface area contributed by atoms with Crippen LogP contribution in [0.5, 0.6) is 0 Å². The van der Waals surface area contributed by atoms with Gasteiger partial charge < -0.3 is 5.32 Å². The molecule has 2 amide bonds. The summed E-state index contributed by atoms with van der Waals surface area (Å²) in [4.78, 5) is 26.9. The van der Waals surface area contributed by atoms with Crippen LogP contribution in [0.1, 0.15) is 58.0 Å². The smallest absolute Gasteiger partial charge is 0.238 e. The lowest BCUT2D eigenvalue weighted by Crippen LogP contribution is -2.29. The Bertz CT molecular complexity index is 908. The number of nitrogens with zero attached hydrogens (tertiary/aromatic N) is 1. The number of thioether (sulfide) groups is 1. The Kier molecular flexibility index (Phi) is 5.81. The van der Waals surface area contributed by atoms with Gasteiger partial charge in [0.05, 0.1) is 5.75 Å². The molecule has 0 saturated carbocycles. The maximum Gasteiger partial charge on any atom is 0.238 e. The van der Waals surface area contributed by atoms with Gasteiger partial charge in [0.15, 0.2) is 0 Å². The molecule has 154 valence electrons. The molecule has 5 heteroatoms. The molecule has 1 aliphatic rings. The van der Waals surface area contributed by atoms with Crippen LogP contribution in [0.4, 0.5) is 11.4 Å². The molecule has 1 aliphatic heterocycles. The maximum absolute atomic E-state index is 12.7. The molecule has 0 aliphatic carbocycles. The van der Waals surface area contributed by atoms with Crippen LogP contribution in [-0.2, 0) is 15.0 Å². The van der Waals surface area contributed by atoms with E-state index in [2.05, 4.69) is 38.2 Å². The van der Waals surface area contributed by atoms with Gasteiger partial charge in [-0.05, 0) is 40.8 Å². The fourth-order valence-corrected chi connectivity index (χ4v) is 4.33. The van der Waals surface area contributed by atoms with Crippen LogP contribution < -0.4 is 10.2 Å². The molecule has 1 saturated heterocycles. The second-order valence-electron chi connectivity index (χ2n) is 9.55. The van der Waals surface area contributed by atoms with Crippen LogP contribution in [0.2, 0.25) is 0 Å². The van der Waals surface area contributed by atoms with Gasteiger partial charge in [-0.2, -0.15) is 0 Å². The zero-order valence-electron chi connectivity index (χ0n) is 18.1. The number of hydrogen-bond donors (Lipinski definition) is 1. The van der Waals surface area contributed by atoms with E-state index in [-0.39, 0.29) is 22.6 Å². The second kappa shape index (κ2) is 7.86. The number of carbonyl (C=O) groups excluding carboxylic acids is 2. The molecular formula is C24H30N2O2S. The summed E-state index contributed by atoms with van der Waals surface area (Å²) in [5.41, 5.74) is 3.51. The third kappa shape index (κ3) is 4.84. The van der Waals surface area contributed by atoms with E-state index in [4.69, 9.17) is 0 Å². The van der Waals surface area contributed by atoms with E-state index >= 15 is 0 Å². The SMILES string of the molecule is CC(C)(C)C(=O)Nc1cccc(C2SCC(=O)N2c2ccc(C(C)(C)C)cc2)c1. The third-order valence-corrected chi connectivity index (χ3v) is 6.20. The van der Waals surface area contributed by atoms with Crippen molar-refractivity contribution in [3.05, 3.63) is 59.7 Å². The minimum atomic E-state index is -0.463. The lowest BCUT2D eigenvalue weighted by Gasteiger charge is -2.26. The van der Waals surface area contributed by atoms with E-state index in [1.807, 2.05) is 62.1 Å². The Morgan fingerprint density at radius 1 is 1.03 bits per heavy atom.